The monoisotopic (exact) mass is 240 g/mol. The van der Waals surface area contributed by atoms with Gasteiger partial charge in [0.15, 0.2) is 0 Å². The van der Waals surface area contributed by atoms with Crippen LogP contribution >= 0.6 is 11.3 Å². The Balaban J connectivity index is 2.30. The lowest BCUT2D eigenvalue weighted by atomic mass is 10.3. The van der Waals surface area contributed by atoms with Gasteiger partial charge in [-0.15, -0.1) is 11.3 Å². The van der Waals surface area contributed by atoms with Crippen molar-refractivity contribution >= 4 is 21.4 Å². The van der Waals surface area contributed by atoms with E-state index >= 15 is 0 Å². The van der Waals surface area contributed by atoms with Crippen molar-refractivity contribution in [3.05, 3.63) is 59.0 Å². The van der Waals surface area contributed by atoms with E-state index in [0.29, 0.717) is 10.4 Å². The lowest BCUT2D eigenvalue weighted by molar-refractivity contribution is 1.25. The van der Waals surface area contributed by atoms with Crippen molar-refractivity contribution in [3.63, 3.8) is 0 Å². The number of rotatable bonds is 1. The number of nitrogens with zero attached hydrogens (tertiary/aromatic N) is 2. The second-order valence-corrected chi connectivity index (χ2v) is 4.57. The van der Waals surface area contributed by atoms with Crippen molar-refractivity contribution in [3.8, 4) is 10.7 Å². The van der Waals surface area contributed by atoms with Crippen LogP contribution in [0.2, 0.25) is 0 Å². The van der Waals surface area contributed by atoms with E-state index in [1.165, 1.54) is 11.3 Å². The van der Waals surface area contributed by atoms with Crippen LogP contribution in [-0.4, -0.2) is 9.97 Å². The first-order chi connectivity index (χ1) is 8.34. The highest BCUT2D eigenvalue weighted by Crippen LogP contribution is 2.23. The van der Waals surface area contributed by atoms with Crippen LogP contribution in [0.1, 0.15) is 0 Å². The maximum atomic E-state index is 11.8. The van der Waals surface area contributed by atoms with Gasteiger partial charge in [-0.2, -0.15) is 4.98 Å². The molecule has 0 amide bonds. The summed E-state index contributed by atoms with van der Waals surface area (Å²) in [4.78, 5) is 20.1. The van der Waals surface area contributed by atoms with Gasteiger partial charge in [-0.05, 0) is 24.3 Å². The summed E-state index contributed by atoms with van der Waals surface area (Å²) in [6.45, 7) is 0. The van der Waals surface area contributed by atoms with Gasteiger partial charge in [0, 0.05) is 10.9 Å². The molecule has 0 aliphatic rings. The molecule has 0 spiro atoms. The summed E-state index contributed by atoms with van der Waals surface area (Å²) < 4.78 is 0.938. The molecule has 1 aromatic carbocycles. The van der Waals surface area contributed by atoms with Crippen LogP contribution in [0.25, 0.3) is 20.8 Å². The first-order valence-electron chi connectivity index (χ1n) is 5.16. The number of hydrogen-bond acceptors (Lipinski definition) is 4. The molecule has 2 aromatic heterocycles. The predicted molar refractivity (Wildman–Crippen MR) is 69.1 cm³/mol. The second-order valence-electron chi connectivity index (χ2n) is 3.54. The molecule has 0 fully saturated rings. The van der Waals surface area contributed by atoms with E-state index in [0.717, 1.165) is 10.4 Å². The normalized spacial score (nSPS) is 10.6. The van der Waals surface area contributed by atoms with E-state index < -0.39 is 0 Å². The fourth-order valence-electron chi connectivity index (χ4n) is 1.61. The Bertz CT molecular complexity index is 722. The molecule has 0 saturated carbocycles. The first-order valence-corrected chi connectivity index (χ1v) is 5.97. The van der Waals surface area contributed by atoms with Crippen molar-refractivity contribution in [1.29, 1.82) is 0 Å². The Morgan fingerprint density at radius 3 is 2.65 bits per heavy atom. The van der Waals surface area contributed by atoms with E-state index in [9.17, 15) is 4.79 Å². The molecule has 0 bridgehead atoms. The van der Waals surface area contributed by atoms with Crippen molar-refractivity contribution in [2.45, 2.75) is 0 Å². The van der Waals surface area contributed by atoms with E-state index in [1.807, 2.05) is 36.4 Å². The summed E-state index contributed by atoms with van der Waals surface area (Å²) in [5.74, 6) is 0. The maximum Gasteiger partial charge on any atom is 0.279 e. The third kappa shape index (κ3) is 1.83. The van der Waals surface area contributed by atoms with Crippen molar-refractivity contribution in [2.24, 2.45) is 0 Å². The zero-order valence-corrected chi connectivity index (χ0v) is 9.65. The summed E-state index contributed by atoms with van der Waals surface area (Å²) in [6, 6.07) is 13.1. The Hall–Kier alpha value is -2.07. The van der Waals surface area contributed by atoms with Gasteiger partial charge in [0.1, 0.15) is 5.01 Å². The standard InChI is InChI=1S/C13H8N2OS/c16-12-9-5-1-2-7-11(9)17-13(15-12)10-6-3-4-8-14-10/h1-8H. The van der Waals surface area contributed by atoms with Gasteiger partial charge in [0.25, 0.3) is 5.56 Å². The molecule has 0 aliphatic heterocycles. The van der Waals surface area contributed by atoms with Gasteiger partial charge < -0.3 is 0 Å². The zero-order valence-electron chi connectivity index (χ0n) is 8.83. The molecule has 0 unspecified atom stereocenters. The Morgan fingerprint density at radius 1 is 1.00 bits per heavy atom. The minimum absolute atomic E-state index is 0.194. The smallest absolute Gasteiger partial charge is 0.267 e. The molecule has 2 heterocycles. The minimum Gasteiger partial charge on any atom is -0.267 e. The number of benzene rings is 1. The molecular formula is C13H8N2OS. The Kier molecular flexibility index (Phi) is 2.42. The second kappa shape index (κ2) is 4.07. The number of hydrogen-bond donors (Lipinski definition) is 0. The van der Waals surface area contributed by atoms with E-state index in [-0.39, 0.29) is 5.56 Å². The highest BCUT2D eigenvalue weighted by molar-refractivity contribution is 7.21. The molecule has 82 valence electrons. The predicted octanol–water partition coefficient (Wildman–Crippen LogP) is 2.72. The number of aromatic nitrogens is 2. The zero-order chi connectivity index (χ0) is 11.7. The van der Waals surface area contributed by atoms with Gasteiger partial charge >= 0.3 is 0 Å². The van der Waals surface area contributed by atoms with E-state index in [4.69, 9.17) is 0 Å². The summed E-state index contributed by atoms with van der Waals surface area (Å²) in [5.41, 5.74) is 0.542. The van der Waals surface area contributed by atoms with E-state index in [2.05, 4.69) is 9.97 Å². The summed E-state index contributed by atoms with van der Waals surface area (Å²) in [7, 11) is 0. The quantitative estimate of drug-likeness (QED) is 0.656. The number of pyridine rings is 1. The molecule has 0 aliphatic carbocycles. The van der Waals surface area contributed by atoms with Crippen LogP contribution in [-0.2, 0) is 0 Å². The lowest BCUT2D eigenvalue weighted by Gasteiger charge is -1.99. The fourth-order valence-corrected chi connectivity index (χ4v) is 2.58. The molecule has 3 rings (SSSR count). The van der Waals surface area contributed by atoms with Gasteiger partial charge in [-0.3, -0.25) is 9.78 Å². The van der Waals surface area contributed by atoms with Gasteiger partial charge in [-0.25, -0.2) is 0 Å². The lowest BCUT2D eigenvalue weighted by Crippen LogP contribution is -2.05. The van der Waals surface area contributed by atoms with Crippen LogP contribution in [0.3, 0.4) is 0 Å². The fraction of sp³-hybridized carbons (Fsp3) is 0. The van der Waals surface area contributed by atoms with Crippen LogP contribution in [0, 0.1) is 0 Å². The largest absolute Gasteiger partial charge is 0.279 e. The van der Waals surface area contributed by atoms with Gasteiger partial charge in [0.2, 0.25) is 0 Å². The van der Waals surface area contributed by atoms with E-state index in [1.54, 1.807) is 12.3 Å². The molecule has 0 radical (unpaired) electrons. The molecule has 0 atom stereocenters. The average Bonchev–Trinajstić information content (AvgIpc) is 2.40. The van der Waals surface area contributed by atoms with Gasteiger partial charge in [-0.1, -0.05) is 18.2 Å². The van der Waals surface area contributed by atoms with Crippen LogP contribution < -0.4 is 5.56 Å². The molecule has 3 nitrogen and oxygen atoms in total. The molecule has 3 aromatic rings. The van der Waals surface area contributed by atoms with Crippen LogP contribution in [0.5, 0.6) is 0 Å². The SMILES string of the molecule is O=c1nc(-c2ccccn2)sc2ccccc12. The first kappa shape index (κ1) is 10.1. The molecule has 17 heavy (non-hydrogen) atoms. The highest BCUT2D eigenvalue weighted by atomic mass is 32.1. The van der Waals surface area contributed by atoms with Crippen molar-refractivity contribution < 1.29 is 0 Å². The maximum absolute atomic E-state index is 11.8. The third-order valence-corrected chi connectivity index (χ3v) is 3.48. The third-order valence-electron chi connectivity index (χ3n) is 2.41. The molecule has 4 heteroatoms. The van der Waals surface area contributed by atoms with Gasteiger partial charge in [0.05, 0.1) is 11.1 Å². The molecule has 0 N–H and O–H groups in total. The Morgan fingerprint density at radius 2 is 1.82 bits per heavy atom. The average molecular weight is 240 g/mol. The summed E-state index contributed by atoms with van der Waals surface area (Å²) in [5, 5.41) is 1.33. The van der Waals surface area contributed by atoms with Crippen LogP contribution in [0.4, 0.5) is 0 Å². The highest BCUT2D eigenvalue weighted by Gasteiger charge is 2.06. The van der Waals surface area contributed by atoms with Crippen molar-refractivity contribution in [2.75, 3.05) is 0 Å². The Labute approximate surface area is 101 Å². The van der Waals surface area contributed by atoms with Crippen molar-refractivity contribution in [1.82, 2.24) is 9.97 Å². The molecular weight excluding hydrogens is 232 g/mol. The molecule has 0 saturated heterocycles. The van der Waals surface area contributed by atoms with Crippen LogP contribution in [0.15, 0.2) is 53.5 Å². The topological polar surface area (TPSA) is 42.9 Å². The minimum atomic E-state index is -0.194. The number of fused-ring (bicyclic) bond motifs is 1. The summed E-state index contributed by atoms with van der Waals surface area (Å²) in [6.07, 6.45) is 1.70. The summed E-state index contributed by atoms with van der Waals surface area (Å²) >= 11 is 1.48.